The number of pyridine rings is 1. The summed E-state index contributed by atoms with van der Waals surface area (Å²) in [6.45, 7) is 0. The molecule has 0 N–H and O–H groups in total. The van der Waals surface area contributed by atoms with E-state index in [-0.39, 0.29) is 6.04 Å². The summed E-state index contributed by atoms with van der Waals surface area (Å²) in [6.07, 6.45) is 4.30. The second-order valence-electron chi connectivity index (χ2n) is 13.2. The highest BCUT2D eigenvalue weighted by Crippen LogP contribution is 2.49. The molecule has 7 aromatic carbocycles. The monoisotopic (exact) mass is 653 g/mol. The van der Waals surface area contributed by atoms with E-state index in [0.29, 0.717) is 0 Å². The summed E-state index contributed by atoms with van der Waals surface area (Å²) < 4.78 is 9.21. The summed E-state index contributed by atoms with van der Waals surface area (Å²) in [7, 11) is 0. The van der Waals surface area contributed by atoms with E-state index in [1.165, 1.54) is 44.5 Å². The fourth-order valence-electron chi connectivity index (χ4n) is 7.84. The Labute approximate surface area is 296 Å². The van der Waals surface area contributed by atoms with Crippen LogP contribution in [0.2, 0.25) is 0 Å². The van der Waals surface area contributed by atoms with E-state index in [2.05, 4.69) is 204 Å². The van der Waals surface area contributed by atoms with E-state index in [4.69, 9.17) is 4.42 Å². The van der Waals surface area contributed by atoms with E-state index in [9.17, 15) is 0 Å². The number of fused-ring (bicyclic) bond motifs is 7. The van der Waals surface area contributed by atoms with Crippen molar-refractivity contribution >= 4 is 39.0 Å². The van der Waals surface area contributed by atoms with Crippen LogP contribution in [-0.4, -0.2) is 0 Å². The van der Waals surface area contributed by atoms with Crippen LogP contribution in [0.15, 0.2) is 199 Å². The van der Waals surface area contributed by atoms with E-state index < -0.39 is 0 Å². The first kappa shape index (κ1) is 29.2. The third-order valence-electron chi connectivity index (χ3n) is 10.2. The molecule has 9 aromatic rings. The first-order chi connectivity index (χ1) is 25.3. The second kappa shape index (κ2) is 12.0. The number of aromatic nitrogens is 1. The maximum atomic E-state index is 6.92. The van der Waals surface area contributed by atoms with E-state index in [1.54, 1.807) is 0 Å². The molecular weight excluding hydrogens is 621 g/mol. The van der Waals surface area contributed by atoms with Crippen LogP contribution in [0.4, 0.5) is 17.1 Å². The first-order valence-corrected chi connectivity index (χ1v) is 17.5. The SMILES string of the molecule is c1ccc(-c2ccc(N(c3ccc(-c4ccccc4)cc3)c3ccc4c(c3)oc3c5c(ccc34)C([n+]3ccccc3)c3ccccc3-5)cc2)cc1. The third kappa shape index (κ3) is 4.94. The molecule has 0 spiro atoms. The Kier molecular flexibility index (Phi) is 6.88. The molecule has 51 heavy (non-hydrogen) atoms. The summed E-state index contributed by atoms with van der Waals surface area (Å²) >= 11 is 0. The lowest BCUT2D eigenvalue weighted by Crippen LogP contribution is -2.38. The lowest BCUT2D eigenvalue weighted by atomic mass is 10.0. The van der Waals surface area contributed by atoms with Gasteiger partial charge in [0.25, 0.3) is 0 Å². The van der Waals surface area contributed by atoms with Gasteiger partial charge in [0.1, 0.15) is 11.2 Å². The lowest BCUT2D eigenvalue weighted by molar-refractivity contribution is -0.704. The molecular formula is C48H33N2O+. The Morgan fingerprint density at radius 2 is 0.961 bits per heavy atom. The highest BCUT2D eigenvalue weighted by atomic mass is 16.3. The molecule has 0 amide bonds. The smallest absolute Gasteiger partial charge is 0.210 e. The average Bonchev–Trinajstić information content (AvgIpc) is 3.75. The van der Waals surface area contributed by atoms with Gasteiger partial charge in [-0.1, -0.05) is 121 Å². The van der Waals surface area contributed by atoms with E-state index in [1.807, 2.05) is 0 Å². The van der Waals surface area contributed by atoms with Crippen molar-refractivity contribution in [2.24, 2.45) is 0 Å². The minimum absolute atomic E-state index is 0.0961. The number of anilines is 3. The van der Waals surface area contributed by atoms with Crippen molar-refractivity contribution < 1.29 is 8.98 Å². The molecule has 10 rings (SSSR count). The van der Waals surface area contributed by atoms with Gasteiger partial charge in [-0.15, -0.1) is 0 Å². The van der Waals surface area contributed by atoms with Crippen LogP contribution in [0.3, 0.4) is 0 Å². The molecule has 2 heterocycles. The number of hydrogen-bond donors (Lipinski definition) is 0. The van der Waals surface area contributed by atoms with Gasteiger partial charge in [0, 0.05) is 62.7 Å². The van der Waals surface area contributed by atoms with E-state index in [0.717, 1.165) is 39.0 Å². The number of furan rings is 1. The van der Waals surface area contributed by atoms with Crippen LogP contribution < -0.4 is 9.47 Å². The second-order valence-corrected chi connectivity index (χ2v) is 13.2. The van der Waals surface area contributed by atoms with Gasteiger partial charge in [0.15, 0.2) is 12.4 Å². The molecule has 0 aliphatic heterocycles. The van der Waals surface area contributed by atoms with Gasteiger partial charge in [0.2, 0.25) is 6.04 Å². The molecule has 0 fully saturated rings. The zero-order chi connectivity index (χ0) is 33.7. The minimum atomic E-state index is 0.0961. The van der Waals surface area contributed by atoms with Crippen molar-refractivity contribution in [2.45, 2.75) is 6.04 Å². The summed E-state index contributed by atoms with van der Waals surface area (Å²) in [6, 6.07) is 65.0. The molecule has 0 radical (unpaired) electrons. The van der Waals surface area contributed by atoms with Crippen LogP contribution in [0, 0.1) is 0 Å². The van der Waals surface area contributed by atoms with E-state index >= 15 is 0 Å². The molecule has 1 unspecified atom stereocenters. The van der Waals surface area contributed by atoms with Gasteiger partial charge >= 0.3 is 0 Å². The molecule has 240 valence electrons. The normalized spacial score (nSPS) is 13.3. The van der Waals surface area contributed by atoms with Crippen LogP contribution >= 0.6 is 0 Å². The van der Waals surface area contributed by atoms with Crippen LogP contribution in [-0.2, 0) is 0 Å². The topological polar surface area (TPSA) is 20.3 Å². The Balaban J connectivity index is 1.11. The maximum absolute atomic E-state index is 6.92. The molecule has 1 aliphatic carbocycles. The Hall–Kier alpha value is -6.71. The Morgan fingerprint density at radius 1 is 0.431 bits per heavy atom. The highest BCUT2D eigenvalue weighted by molar-refractivity contribution is 6.12. The van der Waals surface area contributed by atoms with Crippen molar-refractivity contribution in [1.82, 2.24) is 0 Å². The molecule has 3 nitrogen and oxygen atoms in total. The van der Waals surface area contributed by atoms with Gasteiger partial charge in [-0.3, -0.25) is 0 Å². The fourth-order valence-corrected chi connectivity index (χ4v) is 7.84. The highest BCUT2D eigenvalue weighted by Gasteiger charge is 2.37. The van der Waals surface area contributed by atoms with Crippen LogP contribution in [0.25, 0.3) is 55.3 Å². The summed E-state index contributed by atoms with van der Waals surface area (Å²) in [5.41, 5.74) is 14.8. The van der Waals surface area contributed by atoms with Crippen molar-refractivity contribution in [1.29, 1.82) is 0 Å². The molecule has 2 aromatic heterocycles. The van der Waals surface area contributed by atoms with Gasteiger partial charge in [-0.2, -0.15) is 4.57 Å². The summed E-state index contributed by atoms with van der Waals surface area (Å²) in [4.78, 5) is 2.32. The number of hydrogen-bond acceptors (Lipinski definition) is 2. The third-order valence-corrected chi connectivity index (χ3v) is 10.2. The van der Waals surface area contributed by atoms with Crippen molar-refractivity contribution in [3.05, 3.63) is 206 Å². The average molecular weight is 654 g/mol. The molecule has 0 saturated heterocycles. The van der Waals surface area contributed by atoms with Crippen LogP contribution in [0.5, 0.6) is 0 Å². The standard InChI is InChI=1S/C48H33N2O/c1-4-12-33(13-5-1)35-18-22-37(23-19-35)50(38-24-20-36(21-25-38)34-14-6-2-7-15-34)39-26-27-40-43-28-29-44-46(48(43)51-45(40)32-39)41-16-8-9-17-42(41)47(44)49-30-10-3-11-31-49/h1-32,47H/q+1. The molecule has 1 atom stereocenters. The molecule has 3 heteroatoms. The Bertz CT molecular complexity index is 2580. The number of rotatable bonds is 6. The zero-order valence-corrected chi connectivity index (χ0v) is 27.9. The zero-order valence-electron chi connectivity index (χ0n) is 27.9. The molecule has 1 aliphatic rings. The fraction of sp³-hybridized carbons (Fsp3) is 0.0208. The van der Waals surface area contributed by atoms with Gasteiger partial charge < -0.3 is 9.32 Å². The largest absolute Gasteiger partial charge is 0.455 e. The van der Waals surface area contributed by atoms with Gasteiger partial charge in [0.05, 0.1) is 0 Å². The first-order valence-electron chi connectivity index (χ1n) is 17.5. The van der Waals surface area contributed by atoms with Crippen LogP contribution in [0.1, 0.15) is 17.2 Å². The summed E-state index contributed by atoms with van der Waals surface area (Å²) in [5.74, 6) is 0. The number of benzene rings is 7. The van der Waals surface area contributed by atoms with Crippen molar-refractivity contribution in [3.63, 3.8) is 0 Å². The lowest BCUT2D eigenvalue weighted by Gasteiger charge is -2.26. The van der Waals surface area contributed by atoms with Gasteiger partial charge in [-0.25, -0.2) is 0 Å². The number of nitrogens with zero attached hydrogens (tertiary/aromatic N) is 2. The predicted octanol–water partition coefficient (Wildman–Crippen LogP) is 12.3. The van der Waals surface area contributed by atoms with Crippen molar-refractivity contribution in [2.75, 3.05) is 4.90 Å². The Morgan fingerprint density at radius 3 is 1.61 bits per heavy atom. The predicted molar refractivity (Wildman–Crippen MR) is 209 cm³/mol. The molecule has 0 bridgehead atoms. The quantitative estimate of drug-likeness (QED) is 0.166. The van der Waals surface area contributed by atoms with Crippen molar-refractivity contribution in [3.8, 4) is 33.4 Å². The maximum Gasteiger partial charge on any atom is 0.210 e. The minimum Gasteiger partial charge on any atom is -0.455 e. The van der Waals surface area contributed by atoms with Gasteiger partial charge in [-0.05, 0) is 70.3 Å². The molecule has 0 saturated carbocycles. The summed E-state index contributed by atoms with van der Waals surface area (Å²) in [5, 5.41) is 2.25.